The molecule has 2 heterocycles. The topological polar surface area (TPSA) is 69.7 Å². The zero-order valence-electron chi connectivity index (χ0n) is 15.7. The first-order valence-electron chi connectivity index (χ1n) is 9.70. The summed E-state index contributed by atoms with van der Waals surface area (Å²) in [5.41, 5.74) is 3.38. The van der Waals surface area contributed by atoms with E-state index in [1.54, 1.807) is 34.1 Å². The van der Waals surface area contributed by atoms with Gasteiger partial charge in [0, 0.05) is 36.4 Å². The first-order chi connectivity index (χ1) is 13.6. The van der Waals surface area contributed by atoms with Gasteiger partial charge in [0.2, 0.25) is 11.8 Å². The molecule has 2 aliphatic heterocycles. The summed E-state index contributed by atoms with van der Waals surface area (Å²) in [6.45, 7) is 1.35. The summed E-state index contributed by atoms with van der Waals surface area (Å²) in [5, 5.41) is 2.71. The number of anilines is 2. The molecule has 2 aromatic carbocycles. The van der Waals surface area contributed by atoms with Gasteiger partial charge in [-0.25, -0.2) is 0 Å². The molecule has 28 heavy (non-hydrogen) atoms. The lowest BCUT2D eigenvalue weighted by Crippen LogP contribution is -2.42. The van der Waals surface area contributed by atoms with Crippen LogP contribution in [0.1, 0.15) is 35.2 Å². The Morgan fingerprint density at radius 3 is 2.43 bits per heavy atom. The van der Waals surface area contributed by atoms with Crippen molar-refractivity contribution in [3.05, 3.63) is 59.7 Å². The Morgan fingerprint density at radius 1 is 0.929 bits per heavy atom. The quantitative estimate of drug-likeness (QED) is 0.890. The van der Waals surface area contributed by atoms with Gasteiger partial charge in [0.15, 0.2) is 0 Å². The van der Waals surface area contributed by atoms with Gasteiger partial charge in [-0.3, -0.25) is 14.4 Å². The minimum atomic E-state index is -0.294. The van der Waals surface area contributed by atoms with Crippen molar-refractivity contribution in [2.75, 3.05) is 29.4 Å². The highest BCUT2D eigenvalue weighted by molar-refractivity contribution is 6.01. The average Bonchev–Trinajstić information content (AvgIpc) is 3.17. The van der Waals surface area contributed by atoms with E-state index in [0.717, 1.165) is 37.2 Å². The molecule has 2 aromatic rings. The van der Waals surface area contributed by atoms with Crippen LogP contribution in [0.15, 0.2) is 48.5 Å². The predicted octanol–water partition coefficient (Wildman–Crippen LogP) is 2.52. The lowest BCUT2D eigenvalue weighted by Gasteiger charge is -2.29. The van der Waals surface area contributed by atoms with E-state index in [1.807, 2.05) is 24.3 Å². The molecule has 1 N–H and O–H groups in total. The van der Waals surface area contributed by atoms with Crippen LogP contribution in [0.25, 0.3) is 0 Å². The van der Waals surface area contributed by atoms with Crippen LogP contribution >= 0.6 is 0 Å². The lowest BCUT2D eigenvalue weighted by atomic mass is 10.0. The Bertz CT molecular complexity index is 907. The molecule has 0 atom stereocenters. The molecule has 0 radical (unpaired) electrons. The highest BCUT2D eigenvalue weighted by Gasteiger charge is 2.23. The van der Waals surface area contributed by atoms with E-state index >= 15 is 0 Å². The maximum absolute atomic E-state index is 12.6. The molecule has 2 aliphatic rings. The average molecular weight is 377 g/mol. The Morgan fingerprint density at radius 2 is 1.68 bits per heavy atom. The van der Waals surface area contributed by atoms with E-state index in [1.165, 1.54) is 5.56 Å². The molecular weight excluding hydrogens is 354 g/mol. The van der Waals surface area contributed by atoms with E-state index in [9.17, 15) is 14.4 Å². The van der Waals surface area contributed by atoms with Gasteiger partial charge in [-0.2, -0.15) is 0 Å². The number of aryl methyl sites for hydroxylation is 1. The number of amides is 3. The van der Waals surface area contributed by atoms with Crippen LogP contribution in [0.2, 0.25) is 0 Å². The third-order valence-corrected chi connectivity index (χ3v) is 5.33. The molecular formula is C22H23N3O3. The SMILES string of the molecule is O=C(NCC(=O)N1CCCc2ccccc21)c1ccc(N2CCCC2=O)cc1. The molecule has 144 valence electrons. The first-order valence-corrected chi connectivity index (χ1v) is 9.70. The summed E-state index contributed by atoms with van der Waals surface area (Å²) in [6.07, 6.45) is 3.33. The van der Waals surface area contributed by atoms with Gasteiger partial charge in [0.1, 0.15) is 0 Å². The summed E-state index contributed by atoms with van der Waals surface area (Å²) in [7, 11) is 0. The summed E-state index contributed by atoms with van der Waals surface area (Å²) < 4.78 is 0. The zero-order valence-corrected chi connectivity index (χ0v) is 15.7. The van der Waals surface area contributed by atoms with Crippen LogP contribution in [-0.4, -0.2) is 37.4 Å². The molecule has 1 fully saturated rings. The van der Waals surface area contributed by atoms with Crippen molar-refractivity contribution < 1.29 is 14.4 Å². The Balaban J connectivity index is 1.37. The van der Waals surface area contributed by atoms with Gasteiger partial charge in [-0.05, 0) is 55.2 Å². The number of fused-ring (bicyclic) bond motifs is 1. The monoisotopic (exact) mass is 377 g/mol. The van der Waals surface area contributed by atoms with Crippen molar-refractivity contribution in [1.82, 2.24) is 5.32 Å². The van der Waals surface area contributed by atoms with Gasteiger partial charge in [0.25, 0.3) is 5.91 Å². The minimum absolute atomic E-state index is 0.0421. The first kappa shape index (κ1) is 18.2. The summed E-state index contributed by atoms with van der Waals surface area (Å²) in [4.78, 5) is 40.3. The molecule has 6 nitrogen and oxygen atoms in total. The molecule has 0 aromatic heterocycles. The number of nitrogens with one attached hydrogen (secondary N) is 1. The van der Waals surface area contributed by atoms with E-state index in [4.69, 9.17) is 0 Å². The van der Waals surface area contributed by atoms with Gasteiger partial charge in [0.05, 0.1) is 6.54 Å². The maximum Gasteiger partial charge on any atom is 0.251 e. The van der Waals surface area contributed by atoms with Crippen LogP contribution in [0.5, 0.6) is 0 Å². The highest BCUT2D eigenvalue weighted by Crippen LogP contribution is 2.26. The van der Waals surface area contributed by atoms with Crippen LogP contribution in [0.3, 0.4) is 0 Å². The fraction of sp³-hybridized carbons (Fsp3) is 0.318. The number of para-hydroxylation sites is 1. The fourth-order valence-electron chi connectivity index (χ4n) is 3.86. The third-order valence-electron chi connectivity index (χ3n) is 5.33. The molecule has 0 spiro atoms. The van der Waals surface area contributed by atoms with Crippen molar-refractivity contribution in [2.45, 2.75) is 25.7 Å². The van der Waals surface area contributed by atoms with E-state index in [2.05, 4.69) is 5.32 Å². The van der Waals surface area contributed by atoms with E-state index in [0.29, 0.717) is 18.5 Å². The second-order valence-corrected chi connectivity index (χ2v) is 7.16. The number of rotatable bonds is 4. The molecule has 6 heteroatoms. The zero-order chi connectivity index (χ0) is 19.5. The number of carbonyl (C=O) groups is 3. The fourth-order valence-corrected chi connectivity index (χ4v) is 3.86. The van der Waals surface area contributed by atoms with Crippen molar-refractivity contribution >= 4 is 29.1 Å². The van der Waals surface area contributed by atoms with Crippen molar-refractivity contribution in [1.29, 1.82) is 0 Å². The number of hydrogen-bond acceptors (Lipinski definition) is 3. The predicted molar refractivity (Wildman–Crippen MR) is 107 cm³/mol. The van der Waals surface area contributed by atoms with Gasteiger partial charge >= 0.3 is 0 Å². The molecule has 0 unspecified atom stereocenters. The highest BCUT2D eigenvalue weighted by atomic mass is 16.2. The summed E-state index contributed by atoms with van der Waals surface area (Å²) >= 11 is 0. The Hall–Kier alpha value is -3.15. The molecule has 3 amide bonds. The van der Waals surface area contributed by atoms with Crippen LogP contribution in [-0.2, 0) is 16.0 Å². The molecule has 0 bridgehead atoms. The molecule has 1 saturated heterocycles. The van der Waals surface area contributed by atoms with E-state index < -0.39 is 0 Å². The number of hydrogen-bond donors (Lipinski definition) is 1. The van der Waals surface area contributed by atoms with Crippen LogP contribution < -0.4 is 15.1 Å². The molecule has 0 aliphatic carbocycles. The Kier molecular flexibility index (Phi) is 5.10. The second kappa shape index (κ2) is 7.84. The third kappa shape index (κ3) is 3.63. The Labute approximate surface area is 164 Å². The normalized spacial score (nSPS) is 16.1. The van der Waals surface area contributed by atoms with Crippen LogP contribution in [0.4, 0.5) is 11.4 Å². The number of carbonyl (C=O) groups excluding carboxylic acids is 3. The van der Waals surface area contributed by atoms with Gasteiger partial charge < -0.3 is 15.1 Å². The largest absolute Gasteiger partial charge is 0.343 e. The molecule has 4 rings (SSSR count). The smallest absolute Gasteiger partial charge is 0.251 e. The summed E-state index contributed by atoms with van der Waals surface area (Å²) in [6, 6.07) is 14.8. The summed E-state index contributed by atoms with van der Waals surface area (Å²) in [5.74, 6) is -0.290. The lowest BCUT2D eigenvalue weighted by molar-refractivity contribution is -0.118. The van der Waals surface area contributed by atoms with Crippen molar-refractivity contribution in [2.24, 2.45) is 0 Å². The maximum atomic E-state index is 12.6. The number of nitrogens with zero attached hydrogens (tertiary/aromatic N) is 2. The van der Waals surface area contributed by atoms with Crippen LogP contribution in [0, 0.1) is 0 Å². The van der Waals surface area contributed by atoms with Gasteiger partial charge in [-0.1, -0.05) is 18.2 Å². The van der Waals surface area contributed by atoms with E-state index in [-0.39, 0.29) is 24.3 Å². The minimum Gasteiger partial charge on any atom is -0.343 e. The van der Waals surface area contributed by atoms with Gasteiger partial charge in [-0.15, -0.1) is 0 Å². The second-order valence-electron chi connectivity index (χ2n) is 7.16. The molecule has 0 saturated carbocycles. The van der Waals surface area contributed by atoms with Crippen molar-refractivity contribution in [3.8, 4) is 0 Å². The standard InChI is InChI=1S/C22H23N3O3/c26-20-8-4-13-24(20)18-11-9-17(10-12-18)22(28)23-15-21(27)25-14-3-6-16-5-1-2-7-19(16)25/h1-2,5,7,9-12H,3-4,6,8,13-15H2,(H,23,28). The number of benzene rings is 2. The van der Waals surface area contributed by atoms with Crippen molar-refractivity contribution in [3.63, 3.8) is 0 Å².